The van der Waals surface area contributed by atoms with Gasteiger partial charge in [-0.25, -0.2) is 0 Å². The van der Waals surface area contributed by atoms with Gasteiger partial charge >= 0.3 is 0 Å². The summed E-state index contributed by atoms with van der Waals surface area (Å²) in [7, 11) is -4.41. The number of fused-ring (bicyclic) bond motifs is 2. The molecule has 0 fully saturated rings. The number of allylic oxidation sites excluding steroid dienone is 11. The van der Waals surface area contributed by atoms with Gasteiger partial charge in [0.1, 0.15) is 0 Å². The predicted molar refractivity (Wildman–Crippen MR) is 230 cm³/mol. The van der Waals surface area contributed by atoms with Gasteiger partial charge in [-0.1, -0.05) is 94.5 Å². The van der Waals surface area contributed by atoms with Crippen molar-refractivity contribution in [3.05, 3.63) is 138 Å². The van der Waals surface area contributed by atoms with E-state index < -0.39 is 15.5 Å². The van der Waals surface area contributed by atoms with Crippen molar-refractivity contribution in [2.24, 2.45) is 0 Å². The smallest absolute Gasteiger partial charge is 0.294 e. The first-order chi connectivity index (χ1) is 27.6. The molecular weight excluding hydrogens is 939 g/mol. The van der Waals surface area contributed by atoms with Crippen LogP contribution in [0.5, 0.6) is 0 Å². The van der Waals surface area contributed by atoms with Crippen molar-refractivity contribution < 1.29 is 47.1 Å². The van der Waals surface area contributed by atoms with Gasteiger partial charge in [0.2, 0.25) is 5.91 Å². The van der Waals surface area contributed by atoms with E-state index >= 15 is 0 Å². The maximum Gasteiger partial charge on any atom is 0.294 e. The minimum atomic E-state index is -4.41. The standard InChI is InChI=1S/C47H55N4O6S.Os/c1-45(2)38-34-36(58(55,56)57)25-26-39(38)49(31-15-9-12-24-42(52)48-30-33-50-43(53)27-28-44(50)54)41(45)23-16-29-47(5)46(3,4)37-21-13-14-22-40(37)51(47)32-17-20-35-18-10-7-6-8-11-19-35;/h6-8,10-11,14,16,18-19,21-23,25-29,34H,9,12,15,17,20,24,30-33H2,1-5H3,(H,48,52)(H,55,56,57);/q-1;/b7-6-,8-6?,10-7?,11-8-,18-10-,19-11?,29-16+,35-18?,35-19+,41-23+;. The number of anilines is 2. The zero-order valence-corrected chi connectivity index (χ0v) is 37.9. The number of unbranched alkanes of at least 4 members (excludes halogenated alkanes) is 2. The molecule has 2 N–H and O–H groups in total. The van der Waals surface area contributed by atoms with E-state index in [4.69, 9.17) is 0 Å². The maximum atomic E-state index is 12.5. The average Bonchev–Trinajstić information content (AvgIpc) is 3.65. The van der Waals surface area contributed by atoms with Crippen LogP contribution in [-0.4, -0.2) is 67.3 Å². The molecule has 59 heavy (non-hydrogen) atoms. The minimum Gasteiger partial charge on any atom is -0.384 e. The van der Waals surface area contributed by atoms with E-state index in [-0.39, 0.29) is 66.5 Å². The molecule has 10 nitrogen and oxygen atoms in total. The fourth-order valence-electron chi connectivity index (χ4n) is 8.55. The van der Waals surface area contributed by atoms with E-state index in [1.54, 1.807) is 12.1 Å². The summed E-state index contributed by atoms with van der Waals surface area (Å²) in [5.74, 6) is -0.875. The molecule has 0 spiro atoms. The van der Waals surface area contributed by atoms with E-state index in [9.17, 15) is 27.4 Å². The third-order valence-electron chi connectivity index (χ3n) is 12.2. The molecule has 0 aromatic heterocycles. The third kappa shape index (κ3) is 9.72. The van der Waals surface area contributed by atoms with Gasteiger partial charge < -0.3 is 15.1 Å². The summed E-state index contributed by atoms with van der Waals surface area (Å²) in [5.41, 5.74) is 5.24. The molecule has 3 amide bonds. The molecule has 0 saturated heterocycles. The average molecular weight is 994 g/mol. The molecule has 314 valence electrons. The number of benzene rings is 2. The van der Waals surface area contributed by atoms with Crippen LogP contribution in [0.3, 0.4) is 0 Å². The Balaban J connectivity index is 0.00000661. The fourth-order valence-corrected chi connectivity index (χ4v) is 9.05. The Morgan fingerprint density at radius 1 is 0.831 bits per heavy atom. The third-order valence-corrected chi connectivity index (χ3v) is 13.1. The SMILES string of the molecule is CC1(C)/C(=C\C=C\C2(C)N(CCCC3=C/C=C\C=C/C=C\3)c3cc[c-]cc3C2(C)C)N(CCCCCC(=O)NCCN2C(=O)C=CC2=O)c2ccc(S(=O)(=O)O)cc21.[Os]. The Morgan fingerprint density at radius 3 is 2.31 bits per heavy atom. The van der Waals surface area contributed by atoms with Gasteiger partial charge in [-0.15, -0.1) is 11.6 Å². The summed E-state index contributed by atoms with van der Waals surface area (Å²) in [6, 6.07) is 14.4. The van der Waals surface area contributed by atoms with Crippen LogP contribution in [0, 0.1) is 6.07 Å². The topological polar surface area (TPSA) is 127 Å². The monoisotopic (exact) mass is 995 g/mol. The Labute approximate surface area is 363 Å². The van der Waals surface area contributed by atoms with Crippen LogP contribution in [0.4, 0.5) is 11.4 Å². The van der Waals surface area contributed by atoms with Gasteiger partial charge in [-0.3, -0.25) is 23.8 Å². The number of hydrogen-bond donors (Lipinski definition) is 2. The zero-order valence-electron chi connectivity index (χ0n) is 34.6. The quantitative estimate of drug-likeness (QED) is 0.0756. The number of nitrogens with one attached hydrogen (secondary N) is 1. The molecular formula is C47H55N4O6OsS-. The van der Waals surface area contributed by atoms with Crippen LogP contribution in [0.25, 0.3) is 0 Å². The summed E-state index contributed by atoms with van der Waals surface area (Å²) in [6.45, 7) is 12.9. The predicted octanol–water partition coefficient (Wildman–Crippen LogP) is 7.82. The summed E-state index contributed by atoms with van der Waals surface area (Å²) < 4.78 is 34.4. The van der Waals surface area contributed by atoms with Crippen molar-refractivity contribution in [1.29, 1.82) is 0 Å². The first-order valence-corrected chi connectivity index (χ1v) is 21.6. The van der Waals surface area contributed by atoms with Gasteiger partial charge in [-0.05, 0) is 73.4 Å². The molecule has 4 aliphatic rings. The number of rotatable bonds is 16. The van der Waals surface area contributed by atoms with Gasteiger partial charge in [0.15, 0.2) is 0 Å². The Kier molecular flexibility index (Phi) is 14.4. The van der Waals surface area contributed by atoms with Gasteiger partial charge in [0.05, 0.1) is 10.4 Å². The van der Waals surface area contributed by atoms with Crippen molar-refractivity contribution in [1.82, 2.24) is 10.2 Å². The number of carbonyl (C=O) groups excluding carboxylic acids is 3. The molecule has 12 heteroatoms. The van der Waals surface area contributed by atoms with E-state index in [2.05, 4.69) is 110 Å². The first-order valence-electron chi connectivity index (χ1n) is 20.1. The second-order valence-corrected chi connectivity index (χ2v) is 17.9. The molecule has 3 aliphatic heterocycles. The zero-order chi connectivity index (χ0) is 41.7. The molecule has 0 bridgehead atoms. The van der Waals surface area contributed by atoms with Crippen LogP contribution in [-0.2, 0) is 55.1 Å². The second-order valence-electron chi connectivity index (χ2n) is 16.5. The van der Waals surface area contributed by atoms with E-state index in [0.717, 1.165) is 54.1 Å². The minimum absolute atomic E-state index is 0. The summed E-state index contributed by atoms with van der Waals surface area (Å²) >= 11 is 0. The van der Waals surface area contributed by atoms with Gasteiger partial charge in [0, 0.05) is 81.3 Å². The molecule has 1 aliphatic carbocycles. The van der Waals surface area contributed by atoms with E-state index in [1.165, 1.54) is 35.0 Å². The number of carbonyl (C=O) groups is 3. The van der Waals surface area contributed by atoms with Gasteiger partial charge in [0.25, 0.3) is 21.9 Å². The first kappa shape index (κ1) is 45.5. The summed E-state index contributed by atoms with van der Waals surface area (Å²) in [6.07, 6.45) is 28.1. The van der Waals surface area contributed by atoms with Crippen molar-refractivity contribution in [2.45, 2.75) is 94.4 Å². The van der Waals surface area contributed by atoms with Crippen LogP contribution in [0.1, 0.15) is 84.3 Å². The second kappa shape index (κ2) is 18.7. The fraction of sp³-hybridized carbons (Fsp3) is 0.383. The normalized spacial score (nSPS) is 23.4. The largest absolute Gasteiger partial charge is 0.384 e. The molecule has 2 aromatic rings. The Hall–Kier alpha value is -4.62. The van der Waals surface area contributed by atoms with Crippen molar-refractivity contribution >= 4 is 39.2 Å². The molecule has 2 aromatic carbocycles. The van der Waals surface area contributed by atoms with Crippen LogP contribution >= 0.6 is 0 Å². The van der Waals surface area contributed by atoms with E-state index in [1.807, 2.05) is 24.3 Å². The van der Waals surface area contributed by atoms with Crippen molar-refractivity contribution in [2.75, 3.05) is 36.0 Å². The molecule has 1 atom stereocenters. The van der Waals surface area contributed by atoms with Crippen molar-refractivity contribution in [3.63, 3.8) is 0 Å². The summed E-state index contributed by atoms with van der Waals surface area (Å²) in [5, 5.41) is 2.80. The maximum absolute atomic E-state index is 12.5. The van der Waals surface area contributed by atoms with Crippen LogP contribution in [0.2, 0.25) is 0 Å². The number of nitrogens with zero attached hydrogens (tertiary/aromatic N) is 3. The van der Waals surface area contributed by atoms with Crippen LogP contribution in [0.15, 0.2) is 125 Å². The van der Waals surface area contributed by atoms with Gasteiger partial charge in [-0.2, -0.15) is 26.6 Å². The Bertz CT molecular complexity index is 2250. The number of imide groups is 1. The van der Waals surface area contributed by atoms with Crippen LogP contribution < -0.4 is 15.1 Å². The molecule has 0 saturated carbocycles. The number of hydrogen-bond acceptors (Lipinski definition) is 7. The summed E-state index contributed by atoms with van der Waals surface area (Å²) in [4.78, 5) is 41.8. The Morgan fingerprint density at radius 2 is 1.56 bits per heavy atom. The van der Waals surface area contributed by atoms with Crippen molar-refractivity contribution in [3.8, 4) is 0 Å². The number of amides is 3. The molecule has 3 heterocycles. The molecule has 0 radical (unpaired) electrons. The molecule has 1 unspecified atom stereocenters. The molecule has 6 rings (SSSR count). The van der Waals surface area contributed by atoms with E-state index in [0.29, 0.717) is 19.4 Å².